The highest BCUT2D eigenvalue weighted by atomic mass is 16.6. The summed E-state index contributed by atoms with van der Waals surface area (Å²) in [5.74, 6) is 0. The van der Waals surface area contributed by atoms with Crippen molar-refractivity contribution in [3.05, 3.63) is 0 Å². The number of ether oxygens (including phenoxy) is 2. The minimum atomic E-state index is -0.737. The van der Waals surface area contributed by atoms with E-state index in [1.165, 1.54) is 6.42 Å². The van der Waals surface area contributed by atoms with E-state index < -0.39 is 6.09 Å². The second kappa shape index (κ2) is 9.14. The van der Waals surface area contributed by atoms with Crippen LogP contribution in [0.5, 0.6) is 0 Å². The lowest BCUT2D eigenvalue weighted by Gasteiger charge is -2.45. The number of nitrogens with two attached hydrogens (primary N) is 1. The molecule has 2 unspecified atom stereocenters. The Labute approximate surface area is 145 Å². The van der Waals surface area contributed by atoms with Crippen LogP contribution in [0.2, 0.25) is 0 Å². The summed E-state index contributed by atoms with van der Waals surface area (Å²) in [6.07, 6.45) is 5.42. The summed E-state index contributed by atoms with van der Waals surface area (Å²) in [6, 6.07) is 0. The van der Waals surface area contributed by atoms with Crippen LogP contribution in [0, 0.1) is 10.8 Å². The standard InChI is InChI=1S/C18H34N2O4/c1-5-6-7-8-9-23-16(22)20-13-18(4)11-14(24-15(19)21)10-17(2,3)12-18/h14H,5-13H2,1-4H3,(H2,19,21)(H,20,22). The highest BCUT2D eigenvalue weighted by molar-refractivity contribution is 5.67. The molecule has 3 N–H and O–H groups in total. The van der Waals surface area contributed by atoms with Crippen LogP contribution in [0.15, 0.2) is 0 Å². The Balaban J connectivity index is 2.43. The third kappa shape index (κ3) is 7.88. The number of carbonyl (C=O) groups is 2. The van der Waals surface area contributed by atoms with Crippen molar-refractivity contribution < 1.29 is 19.1 Å². The highest BCUT2D eigenvalue weighted by Gasteiger charge is 2.42. The molecule has 0 aromatic rings. The van der Waals surface area contributed by atoms with E-state index in [-0.39, 0.29) is 23.0 Å². The van der Waals surface area contributed by atoms with E-state index in [2.05, 4.69) is 33.0 Å². The Morgan fingerprint density at radius 3 is 2.50 bits per heavy atom. The predicted molar refractivity (Wildman–Crippen MR) is 93.7 cm³/mol. The summed E-state index contributed by atoms with van der Waals surface area (Å²) in [5.41, 5.74) is 5.04. The third-order valence-electron chi connectivity index (χ3n) is 4.58. The fraction of sp³-hybridized carbons (Fsp3) is 0.889. The zero-order valence-electron chi connectivity index (χ0n) is 15.7. The van der Waals surface area contributed by atoms with Gasteiger partial charge in [-0.3, -0.25) is 0 Å². The fourth-order valence-electron chi connectivity index (χ4n) is 3.95. The van der Waals surface area contributed by atoms with Gasteiger partial charge in [0.25, 0.3) is 0 Å². The van der Waals surface area contributed by atoms with Crippen molar-refractivity contribution in [2.75, 3.05) is 13.2 Å². The minimum absolute atomic E-state index is 0.0266. The minimum Gasteiger partial charge on any atom is -0.450 e. The number of amides is 2. The summed E-state index contributed by atoms with van der Waals surface area (Å²) < 4.78 is 10.4. The Hall–Kier alpha value is -1.46. The maximum absolute atomic E-state index is 11.8. The summed E-state index contributed by atoms with van der Waals surface area (Å²) in [6.45, 7) is 9.51. The van der Waals surface area contributed by atoms with Crippen LogP contribution < -0.4 is 11.1 Å². The number of hydrogen-bond donors (Lipinski definition) is 2. The Kier molecular flexibility index (Phi) is 7.84. The topological polar surface area (TPSA) is 90.7 Å². The molecular formula is C18H34N2O4. The van der Waals surface area contributed by atoms with Crippen LogP contribution in [0.25, 0.3) is 0 Å². The van der Waals surface area contributed by atoms with Gasteiger partial charge in [0.1, 0.15) is 6.10 Å². The maximum atomic E-state index is 11.8. The molecule has 1 aliphatic carbocycles. The molecule has 1 rings (SSSR count). The number of rotatable bonds is 8. The first kappa shape index (κ1) is 20.6. The molecule has 1 aliphatic rings. The third-order valence-corrected chi connectivity index (χ3v) is 4.58. The molecule has 0 aromatic heterocycles. The smallest absolute Gasteiger partial charge is 0.407 e. The van der Waals surface area contributed by atoms with Gasteiger partial charge in [0.2, 0.25) is 0 Å². The molecule has 6 nitrogen and oxygen atoms in total. The monoisotopic (exact) mass is 342 g/mol. The van der Waals surface area contributed by atoms with Gasteiger partial charge in [-0.2, -0.15) is 0 Å². The number of alkyl carbamates (subject to hydrolysis) is 1. The van der Waals surface area contributed by atoms with Crippen molar-refractivity contribution in [3.8, 4) is 0 Å². The molecule has 0 bridgehead atoms. The molecule has 1 fully saturated rings. The van der Waals surface area contributed by atoms with E-state index in [4.69, 9.17) is 15.2 Å². The molecule has 0 aromatic carbocycles. The van der Waals surface area contributed by atoms with Crippen molar-refractivity contribution in [1.82, 2.24) is 5.32 Å². The van der Waals surface area contributed by atoms with Gasteiger partial charge < -0.3 is 20.5 Å². The summed E-state index contributed by atoms with van der Waals surface area (Å²) in [7, 11) is 0. The van der Waals surface area contributed by atoms with Gasteiger partial charge in [-0.1, -0.05) is 47.0 Å². The van der Waals surface area contributed by atoms with Crippen molar-refractivity contribution >= 4 is 12.2 Å². The first-order valence-corrected chi connectivity index (χ1v) is 9.02. The molecule has 2 atom stereocenters. The Morgan fingerprint density at radius 2 is 1.88 bits per heavy atom. The normalized spacial score (nSPS) is 25.8. The predicted octanol–water partition coefficient (Wildman–Crippen LogP) is 3.97. The van der Waals surface area contributed by atoms with Crippen LogP contribution >= 0.6 is 0 Å². The van der Waals surface area contributed by atoms with E-state index in [1.807, 2.05) is 0 Å². The van der Waals surface area contributed by atoms with Gasteiger partial charge >= 0.3 is 12.2 Å². The second-order valence-corrected chi connectivity index (χ2v) is 8.17. The first-order valence-electron chi connectivity index (χ1n) is 9.02. The number of unbranched alkanes of at least 4 members (excludes halogenated alkanes) is 3. The van der Waals surface area contributed by atoms with Gasteiger partial charge in [0.05, 0.1) is 6.61 Å². The molecule has 24 heavy (non-hydrogen) atoms. The van der Waals surface area contributed by atoms with Crippen molar-refractivity contribution in [3.63, 3.8) is 0 Å². The van der Waals surface area contributed by atoms with Crippen LogP contribution in [-0.4, -0.2) is 31.4 Å². The molecule has 0 aliphatic heterocycles. The average molecular weight is 342 g/mol. The SMILES string of the molecule is CCCCCCOC(=O)NCC1(C)CC(OC(N)=O)CC(C)(C)C1. The number of carbonyl (C=O) groups excluding carboxylic acids is 2. The molecule has 140 valence electrons. The molecule has 0 saturated heterocycles. The van der Waals surface area contributed by atoms with Gasteiger partial charge in [0, 0.05) is 6.54 Å². The molecule has 0 radical (unpaired) electrons. The van der Waals surface area contributed by atoms with E-state index >= 15 is 0 Å². The lowest BCUT2D eigenvalue weighted by molar-refractivity contribution is -0.0168. The maximum Gasteiger partial charge on any atom is 0.407 e. The van der Waals surface area contributed by atoms with Gasteiger partial charge in [-0.25, -0.2) is 9.59 Å². The fourth-order valence-corrected chi connectivity index (χ4v) is 3.95. The van der Waals surface area contributed by atoms with E-state index in [1.54, 1.807) is 0 Å². The van der Waals surface area contributed by atoms with Crippen molar-refractivity contribution in [2.24, 2.45) is 16.6 Å². The lowest BCUT2D eigenvalue weighted by atomic mass is 9.63. The van der Waals surface area contributed by atoms with Crippen molar-refractivity contribution in [2.45, 2.75) is 78.7 Å². The number of nitrogens with one attached hydrogen (secondary N) is 1. The molecule has 0 spiro atoms. The average Bonchev–Trinajstić information content (AvgIpc) is 2.42. The van der Waals surface area contributed by atoms with E-state index in [0.29, 0.717) is 19.6 Å². The van der Waals surface area contributed by atoms with Crippen molar-refractivity contribution in [1.29, 1.82) is 0 Å². The molecule has 6 heteroatoms. The highest BCUT2D eigenvalue weighted by Crippen LogP contribution is 2.46. The number of primary amides is 1. The summed E-state index contributed by atoms with van der Waals surface area (Å²) in [5, 5.41) is 2.86. The first-order chi connectivity index (χ1) is 11.2. The van der Waals surface area contributed by atoms with Crippen LogP contribution in [-0.2, 0) is 9.47 Å². The molecule has 1 saturated carbocycles. The molecule has 2 amide bonds. The van der Waals surface area contributed by atoms with Gasteiger partial charge in [0.15, 0.2) is 0 Å². The molecular weight excluding hydrogens is 308 g/mol. The zero-order chi connectivity index (χ0) is 18.2. The van der Waals surface area contributed by atoms with E-state index in [0.717, 1.165) is 32.1 Å². The van der Waals surface area contributed by atoms with Crippen LogP contribution in [0.1, 0.15) is 72.6 Å². The van der Waals surface area contributed by atoms with Crippen LogP contribution in [0.3, 0.4) is 0 Å². The summed E-state index contributed by atoms with van der Waals surface area (Å²) >= 11 is 0. The summed E-state index contributed by atoms with van der Waals surface area (Å²) in [4.78, 5) is 22.9. The number of hydrogen-bond acceptors (Lipinski definition) is 4. The van der Waals surface area contributed by atoms with E-state index in [9.17, 15) is 9.59 Å². The Morgan fingerprint density at radius 1 is 1.17 bits per heavy atom. The quantitative estimate of drug-likeness (QED) is 0.653. The Bertz CT molecular complexity index is 425. The lowest BCUT2D eigenvalue weighted by Crippen LogP contribution is -2.46. The second-order valence-electron chi connectivity index (χ2n) is 8.17. The van der Waals surface area contributed by atoms with Gasteiger partial charge in [-0.15, -0.1) is 0 Å². The zero-order valence-corrected chi connectivity index (χ0v) is 15.7. The largest absolute Gasteiger partial charge is 0.450 e. The van der Waals surface area contributed by atoms with Crippen LogP contribution in [0.4, 0.5) is 9.59 Å². The molecule has 0 heterocycles. The van der Waals surface area contributed by atoms with Gasteiger partial charge in [-0.05, 0) is 36.5 Å².